The molecule has 0 aliphatic carbocycles. The lowest BCUT2D eigenvalue weighted by Crippen LogP contribution is -2.65. The molecule has 2 bridgehead atoms. The van der Waals surface area contributed by atoms with E-state index in [0.29, 0.717) is 30.8 Å². The molecule has 4 saturated heterocycles. The van der Waals surface area contributed by atoms with Crippen LogP contribution in [0.1, 0.15) is 31.4 Å². The van der Waals surface area contributed by atoms with Gasteiger partial charge < -0.3 is 28.4 Å². The molecule has 1 aromatic rings. The molecule has 4 heterocycles. The van der Waals surface area contributed by atoms with E-state index in [-0.39, 0.29) is 24.1 Å². The summed E-state index contributed by atoms with van der Waals surface area (Å²) in [5.74, 6) is -0.999. The summed E-state index contributed by atoms with van der Waals surface area (Å²) >= 11 is 0. The van der Waals surface area contributed by atoms with E-state index < -0.39 is 41.2 Å². The van der Waals surface area contributed by atoms with Crippen molar-refractivity contribution in [2.24, 2.45) is 11.3 Å². The molecule has 1 aromatic carbocycles. The molecule has 0 saturated carbocycles. The lowest BCUT2D eigenvalue weighted by Gasteiger charge is -2.49. The van der Waals surface area contributed by atoms with Crippen LogP contribution in [0.2, 0.25) is 0 Å². The zero-order chi connectivity index (χ0) is 22.0. The normalized spacial score (nSPS) is 36.5. The highest BCUT2D eigenvalue weighted by atomic mass is 16.6. The number of hydrogen-bond acceptors (Lipinski definition) is 9. The Bertz CT molecular complexity index is 958. The third-order valence-electron chi connectivity index (χ3n) is 7.11. The summed E-state index contributed by atoms with van der Waals surface area (Å²) in [5.41, 5.74) is -1.17. The van der Waals surface area contributed by atoms with Gasteiger partial charge in [-0.15, -0.1) is 0 Å². The van der Waals surface area contributed by atoms with Gasteiger partial charge in [0.1, 0.15) is 29.8 Å². The first-order chi connectivity index (χ1) is 14.9. The molecule has 166 valence electrons. The monoisotopic (exact) mass is 432 g/mol. The molecule has 6 atom stereocenters. The fourth-order valence-corrected chi connectivity index (χ4v) is 5.78. The van der Waals surface area contributed by atoms with Crippen molar-refractivity contribution in [2.75, 3.05) is 27.4 Å². The van der Waals surface area contributed by atoms with E-state index in [9.17, 15) is 14.4 Å². The molecule has 4 aliphatic rings. The van der Waals surface area contributed by atoms with E-state index in [1.54, 1.807) is 18.2 Å². The number of methoxy groups -OCH3 is 2. The Morgan fingerprint density at radius 1 is 1.23 bits per heavy atom. The standard InChI is InChI=1S/C22H24O9/c1-11(23)30-13-5-4-12(8-14(13)26-2)18(27-3)16-17(24)15-9-21-6-7-28-19(16)22(21,31-15)10-29-20(21)25/h4-5,8,15-16,18-19H,6-7,9-10H2,1-3H3/t15-,16?,18?,19+,21-,22-/m1/s1. The van der Waals surface area contributed by atoms with Crippen LogP contribution in [-0.4, -0.2) is 63.0 Å². The van der Waals surface area contributed by atoms with E-state index >= 15 is 0 Å². The third kappa shape index (κ3) is 2.63. The molecule has 5 rings (SSSR count). The van der Waals surface area contributed by atoms with Gasteiger partial charge in [-0.2, -0.15) is 0 Å². The number of cyclic esters (lactones) is 1. The smallest absolute Gasteiger partial charge is 0.315 e. The number of carbonyl (C=O) groups is 3. The van der Waals surface area contributed by atoms with Crippen LogP contribution < -0.4 is 9.47 Å². The van der Waals surface area contributed by atoms with Crippen LogP contribution in [0.25, 0.3) is 0 Å². The minimum absolute atomic E-state index is 0.0714. The molecule has 0 aromatic heterocycles. The van der Waals surface area contributed by atoms with E-state index in [2.05, 4.69) is 0 Å². The first-order valence-corrected chi connectivity index (χ1v) is 10.3. The highest BCUT2D eigenvalue weighted by molar-refractivity contribution is 5.93. The van der Waals surface area contributed by atoms with Gasteiger partial charge in [-0.25, -0.2) is 0 Å². The first kappa shape index (κ1) is 20.4. The number of ketones is 1. The van der Waals surface area contributed by atoms with Crippen molar-refractivity contribution in [3.8, 4) is 11.5 Å². The van der Waals surface area contributed by atoms with Crippen molar-refractivity contribution in [2.45, 2.75) is 43.7 Å². The Morgan fingerprint density at radius 2 is 2.03 bits per heavy atom. The van der Waals surface area contributed by atoms with Gasteiger partial charge in [-0.1, -0.05) is 6.07 Å². The summed E-state index contributed by atoms with van der Waals surface area (Å²) in [6.45, 7) is 1.72. The van der Waals surface area contributed by atoms with Crippen LogP contribution in [0.15, 0.2) is 18.2 Å². The maximum absolute atomic E-state index is 13.5. The Balaban J connectivity index is 1.55. The Labute approximate surface area is 178 Å². The lowest BCUT2D eigenvalue weighted by molar-refractivity contribution is -0.241. The van der Waals surface area contributed by atoms with Crippen LogP contribution in [0.4, 0.5) is 0 Å². The molecular formula is C22H24O9. The molecule has 0 radical (unpaired) electrons. The van der Waals surface area contributed by atoms with E-state index in [0.717, 1.165) is 0 Å². The number of Topliss-reactive ketones (excluding diaryl/α,β-unsaturated/α-hetero) is 1. The van der Waals surface area contributed by atoms with Crippen molar-refractivity contribution < 1.29 is 42.8 Å². The largest absolute Gasteiger partial charge is 0.493 e. The van der Waals surface area contributed by atoms with Gasteiger partial charge in [0.05, 0.1) is 19.1 Å². The van der Waals surface area contributed by atoms with Crippen LogP contribution >= 0.6 is 0 Å². The predicted molar refractivity (Wildman–Crippen MR) is 103 cm³/mol. The van der Waals surface area contributed by atoms with Crippen molar-refractivity contribution in [1.82, 2.24) is 0 Å². The molecule has 31 heavy (non-hydrogen) atoms. The number of carbonyl (C=O) groups excluding carboxylic acids is 3. The van der Waals surface area contributed by atoms with Gasteiger partial charge in [-0.05, 0) is 30.5 Å². The van der Waals surface area contributed by atoms with Gasteiger partial charge in [0, 0.05) is 20.6 Å². The van der Waals surface area contributed by atoms with Crippen molar-refractivity contribution >= 4 is 17.7 Å². The second-order valence-corrected chi connectivity index (χ2v) is 8.49. The molecule has 9 nitrogen and oxygen atoms in total. The Hall–Kier alpha value is -2.49. The summed E-state index contributed by atoms with van der Waals surface area (Å²) in [6.07, 6.45) is -1.27. The first-order valence-electron chi connectivity index (χ1n) is 10.3. The predicted octanol–water partition coefficient (Wildman–Crippen LogP) is 1.37. The summed E-state index contributed by atoms with van der Waals surface area (Å²) in [6, 6.07) is 5.01. The maximum atomic E-state index is 13.5. The zero-order valence-corrected chi connectivity index (χ0v) is 17.5. The highest BCUT2D eigenvalue weighted by Gasteiger charge is 2.79. The molecule has 4 aliphatic heterocycles. The highest BCUT2D eigenvalue weighted by Crippen LogP contribution is 2.63. The number of benzene rings is 1. The second kappa shape index (κ2) is 7.01. The van der Waals surface area contributed by atoms with Crippen molar-refractivity contribution in [3.05, 3.63) is 23.8 Å². The van der Waals surface area contributed by atoms with E-state index in [1.807, 2.05) is 0 Å². The molecule has 9 heteroatoms. The number of rotatable bonds is 5. The quantitative estimate of drug-likeness (QED) is 0.504. The van der Waals surface area contributed by atoms with Gasteiger partial charge in [0.15, 0.2) is 17.3 Å². The number of esters is 2. The molecule has 0 N–H and O–H groups in total. The van der Waals surface area contributed by atoms with E-state index in [4.69, 9.17) is 28.4 Å². The number of ether oxygens (including phenoxy) is 6. The molecule has 0 amide bonds. The minimum atomic E-state index is -0.982. The topological polar surface area (TPSA) is 107 Å². The summed E-state index contributed by atoms with van der Waals surface area (Å²) < 4.78 is 34.0. The van der Waals surface area contributed by atoms with Gasteiger partial charge >= 0.3 is 11.9 Å². The Morgan fingerprint density at radius 3 is 2.74 bits per heavy atom. The lowest BCUT2D eigenvalue weighted by atomic mass is 9.65. The average Bonchev–Trinajstić information content (AvgIpc) is 3.24. The van der Waals surface area contributed by atoms with Crippen molar-refractivity contribution in [1.29, 1.82) is 0 Å². The third-order valence-corrected chi connectivity index (χ3v) is 7.11. The average molecular weight is 432 g/mol. The molecule has 1 spiro atoms. The van der Waals surface area contributed by atoms with Crippen LogP contribution in [0.3, 0.4) is 0 Å². The zero-order valence-electron chi connectivity index (χ0n) is 17.5. The van der Waals surface area contributed by atoms with Gasteiger partial charge in [0.25, 0.3) is 0 Å². The van der Waals surface area contributed by atoms with E-state index in [1.165, 1.54) is 21.1 Å². The summed E-state index contributed by atoms with van der Waals surface area (Å²) in [7, 11) is 2.98. The molecular weight excluding hydrogens is 408 g/mol. The molecule has 2 unspecified atom stereocenters. The molecule has 4 fully saturated rings. The fraction of sp³-hybridized carbons (Fsp3) is 0.591. The van der Waals surface area contributed by atoms with Crippen molar-refractivity contribution in [3.63, 3.8) is 0 Å². The van der Waals surface area contributed by atoms with Crippen LogP contribution in [0.5, 0.6) is 11.5 Å². The van der Waals surface area contributed by atoms with Crippen LogP contribution in [0, 0.1) is 11.3 Å². The van der Waals surface area contributed by atoms with Gasteiger partial charge in [0.2, 0.25) is 0 Å². The summed E-state index contributed by atoms with van der Waals surface area (Å²) in [5, 5.41) is 0. The summed E-state index contributed by atoms with van der Waals surface area (Å²) in [4.78, 5) is 37.5. The second-order valence-electron chi connectivity index (χ2n) is 8.49. The fourth-order valence-electron chi connectivity index (χ4n) is 5.78. The minimum Gasteiger partial charge on any atom is -0.493 e. The van der Waals surface area contributed by atoms with Crippen LogP contribution in [-0.2, 0) is 33.3 Å². The SMILES string of the molecule is COc1cc(C(OC)C2C(=O)[C@H]3C[C@@]45CCO[C@@H]2[C@@]4(COC5=O)O3)ccc1OC(C)=O. The number of fused-ring (bicyclic) bond motifs is 1. The number of hydrogen-bond donors (Lipinski definition) is 0. The van der Waals surface area contributed by atoms with Gasteiger partial charge in [-0.3, -0.25) is 14.4 Å². The Kier molecular flexibility index (Phi) is 4.62. The maximum Gasteiger partial charge on any atom is 0.315 e.